The minimum atomic E-state index is -0.479. The van der Waals surface area contributed by atoms with E-state index in [0.29, 0.717) is 19.1 Å². The monoisotopic (exact) mass is 245 g/mol. The summed E-state index contributed by atoms with van der Waals surface area (Å²) in [5.41, 5.74) is -0.206. The van der Waals surface area contributed by atoms with Crippen LogP contribution in [-0.4, -0.2) is 47.7 Å². The van der Waals surface area contributed by atoms with Gasteiger partial charge in [-0.3, -0.25) is 0 Å². The maximum absolute atomic E-state index is 9.70. The van der Waals surface area contributed by atoms with Crippen molar-refractivity contribution in [2.45, 2.75) is 57.8 Å². The van der Waals surface area contributed by atoms with E-state index in [1.165, 1.54) is 0 Å². The highest BCUT2D eigenvalue weighted by Crippen LogP contribution is 2.24. The first kappa shape index (κ1) is 14.9. The average Bonchev–Trinajstić information content (AvgIpc) is 2.61. The molecule has 1 aliphatic rings. The van der Waals surface area contributed by atoms with E-state index in [1.807, 2.05) is 20.8 Å². The number of rotatable bonds is 6. The van der Waals surface area contributed by atoms with Crippen LogP contribution in [0, 0.1) is 5.92 Å². The van der Waals surface area contributed by atoms with Crippen LogP contribution >= 0.6 is 0 Å². The molecule has 1 aliphatic carbocycles. The molecular weight excluding hydrogens is 218 g/mol. The van der Waals surface area contributed by atoms with Gasteiger partial charge < -0.3 is 20.3 Å². The van der Waals surface area contributed by atoms with Crippen molar-refractivity contribution in [3.05, 3.63) is 0 Å². The van der Waals surface area contributed by atoms with Crippen molar-refractivity contribution in [1.82, 2.24) is 5.32 Å². The molecule has 0 aromatic rings. The molecule has 0 spiro atoms. The third kappa shape index (κ3) is 6.36. The first-order valence-corrected chi connectivity index (χ1v) is 6.59. The molecule has 0 heterocycles. The second-order valence-electron chi connectivity index (χ2n) is 5.99. The van der Waals surface area contributed by atoms with Gasteiger partial charge in [-0.05, 0) is 39.5 Å². The summed E-state index contributed by atoms with van der Waals surface area (Å²) in [6.07, 6.45) is 2.48. The highest BCUT2D eigenvalue weighted by molar-refractivity contribution is 4.78. The Morgan fingerprint density at radius 1 is 1.35 bits per heavy atom. The lowest BCUT2D eigenvalue weighted by molar-refractivity contribution is -0.0481. The third-order valence-electron chi connectivity index (χ3n) is 3.11. The van der Waals surface area contributed by atoms with Crippen molar-refractivity contribution < 1.29 is 14.9 Å². The van der Waals surface area contributed by atoms with Gasteiger partial charge in [-0.25, -0.2) is 0 Å². The van der Waals surface area contributed by atoms with Crippen LogP contribution in [0.1, 0.15) is 40.0 Å². The summed E-state index contributed by atoms with van der Waals surface area (Å²) in [4.78, 5) is 0. The minimum Gasteiger partial charge on any atom is -0.393 e. The highest BCUT2D eigenvalue weighted by Gasteiger charge is 2.24. The summed E-state index contributed by atoms with van der Waals surface area (Å²) < 4.78 is 5.50. The van der Waals surface area contributed by atoms with E-state index < -0.39 is 6.10 Å². The van der Waals surface area contributed by atoms with Crippen LogP contribution in [-0.2, 0) is 4.74 Å². The first-order valence-electron chi connectivity index (χ1n) is 6.59. The molecule has 0 amide bonds. The number of aliphatic hydroxyl groups is 2. The van der Waals surface area contributed by atoms with E-state index in [-0.39, 0.29) is 11.7 Å². The molecule has 0 bridgehead atoms. The Morgan fingerprint density at radius 2 is 2.06 bits per heavy atom. The molecule has 1 saturated carbocycles. The number of aliphatic hydroxyl groups excluding tert-OH is 2. The Labute approximate surface area is 104 Å². The summed E-state index contributed by atoms with van der Waals surface area (Å²) >= 11 is 0. The highest BCUT2D eigenvalue weighted by atomic mass is 16.5. The fourth-order valence-electron chi connectivity index (χ4n) is 2.10. The van der Waals surface area contributed by atoms with E-state index in [4.69, 9.17) is 4.74 Å². The van der Waals surface area contributed by atoms with Crippen LogP contribution in [0.25, 0.3) is 0 Å². The summed E-state index contributed by atoms with van der Waals surface area (Å²) in [5.74, 6) is 0.353. The van der Waals surface area contributed by atoms with Gasteiger partial charge in [0.25, 0.3) is 0 Å². The van der Waals surface area contributed by atoms with Gasteiger partial charge in [0.05, 0.1) is 24.4 Å². The van der Waals surface area contributed by atoms with Gasteiger partial charge in [0.2, 0.25) is 0 Å². The zero-order valence-electron chi connectivity index (χ0n) is 11.3. The third-order valence-corrected chi connectivity index (χ3v) is 3.11. The van der Waals surface area contributed by atoms with E-state index >= 15 is 0 Å². The van der Waals surface area contributed by atoms with Crippen LogP contribution in [0.2, 0.25) is 0 Å². The second kappa shape index (κ2) is 6.69. The number of hydrogen-bond acceptors (Lipinski definition) is 4. The molecule has 0 aromatic carbocycles. The average molecular weight is 245 g/mol. The Balaban J connectivity index is 2.05. The number of nitrogens with one attached hydrogen (secondary N) is 1. The molecule has 3 atom stereocenters. The van der Waals surface area contributed by atoms with Crippen molar-refractivity contribution in [2.75, 3.05) is 19.7 Å². The van der Waals surface area contributed by atoms with Crippen LogP contribution in [0.4, 0.5) is 0 Å². The van der Waals surface area contributed by atoms with Crippen LogP contribution < -0.4 is 5.32 Å². The molecule has 4 nitrogen and oxygen atoms in total. The molecule has 0 aromatic heterocycles. The Kier molecular flexibility index (Phi) is 5.86. The van der Waals surface area contributed by atoms with Gasteiger partial charge >= 0.3 is 0 Å². The largest absolute Gasteiger partial charge is 0.393 e. The maximum atomic E-state index is 9.70. The maximum Gasteiger partial charge on any atom is 0.0897 e. The van der Waals surface area contributed by atoms with Crippen molar-refractivity contribution >= 4 is 0 Å². The molecule has 3 N–H and O–H groups in total. The fraction of sp³-hybridized carbons (Fsp3) is 1.00. The molecule has 0 saturated heterocycles. The Morgan fingerprint density at radius 3 is 2.59 bits per heavy atom. The van der Waals surface area contributed by atoms with E-state index in [2.05, 4.69) is 5.32 Å². The van der Waals surface area contributed by atoms with Gasteiger partial charge in [-0.1, -0.05) is 6.42 Å². The van der Waals surface area contributed by atoms with Crippen molar-refractivity contribution in [3.8, 4) is 0 Å². The molecule has 0 radical (unpaired) electrons. The normalized spacial score (nSPS) is 27.4. The van der Waals surface area contributed by atoms with Crippen molar-refractivity contribution in [2.24, 2.45) is 5.92 Å². The smallest absolute Gasteiger partial charge is 0.0897 e. The summed E-state index contributed by atoms with van der Waals surface area (Å²) in [7, 11) is 0. The lowest BCUT2D eigenvalue weighted by Crippen LogP contribution is -2.37. The van der Waals surface area contributed by atoms with Gasteiger partial charge in [0.15, 0.2) is 0 Å². The number of hydrogen-bond donors (Lipinski definition) is 3. The van der Waals surface area contributed by atoms with E-state index in [0.717, 1.165) is 25.8 Å². The molecular formula is C13H27NO3. The van der Waals surface area contributed by atoms with Crippen molar-refractivity contribution in [3.63, 3.8) is 0 Å². The van der Waals surface area contributed by atoms with Gasteiger partial charge in [0.1, 0.15) is 0 Å². The first-order chi connectivity index (χ1) is 7.88. The molecule has 4 heteroatoms. The molecule has 3 unspecified atom stereocenters. The molecule has 1 rings (SSSR count). The van der Waals surface area contributed by atoms with E-state index in [9.17, 15) is 10.2 Å². The van der Waals surface area contributed by atoms with Gasteiger partial charge in [-0.15, -0.1) is 0 Å². The minimum absolute atomic E-state index is 0.162. The SMILES string of the molecule is CC(C)(C)OCC(O)CNCC1CCCC1O. The Hall–Kier alpha value is -0.160. The quantitative estimate of drug-likeness (QED) is 0.651. The van der Waals surface area contributed by atoms with Crippen LogP contribution in [0.5, 0.6) is 0 Å². The lowest BCUT2D eigenvalue weighted by Gasteiger charge is -2.22. The predicted molar refractivity (Wildman–Crippen MR) is 67.9 cm³/mol. The zero-order chi connectivity index (χ0) is 12.9. The topological polar surface area (TPSA) is 61.7 Å². The Bertz CT molecular complexity index is 215. The van der Waals surface area contributed by atoms with Crippen LogP contribution in [0.15, 0.2) is 0 Å². The standard InChI is InChI=1S/C13H27NO3/c1-13(2,3)17-9-11(15)8-14-7-10-5-4-6-12(10)16/h10-12,14-16H,4-9H2,1-3H3. The lowest BCUT2D eigenvalue weighted by atomic mass is 10.1. The zero-order valence-corrected chi connectivity index (χ0v) is 11.3. The van der Waals surface area contributed by atoms with Crippen LogP contribution in [0.3, 0.4) is 0 Å². The number of ether oxygens (including phenoxy) is 1. The summed E-state index contributed by atoms with van der Waals surface area (Å²) in [6, 6.07) is 0. The summed E-state index contributed by atoms with van der Waals surface area (Å²) in [5, 5.41) is 22.5. The van der Waals surface area contributed by atoms with Crippen molar-refractivity contribution in [1.29, 1.82) is 0 Å². The molecule has 0 aliphatic heterocycles. The van der Waals surface area contributed by atoms with E-state index in [1.54, 1.807) is 0 Å². The van der Waals surface area contributed by atoms with Gasteiger partial charge in [-0.2, -0.15) is 0 Å². The molecule has 17 heavy (non-hydrogen) atoms. The second-order valence-corrected chi connectivity index (χ2v) is 5.99. The predicted octanol–water partition coefficient (Wildman–Crippen LogP) is 0.913. The molecule has 102 valence electrons. The van der Waals surface area contributed by atoms with Gasteiger partial charge in [0, 0.05) is 13.1 Å². The fourth-order valence-corrected chi connectivity index (χ4v) is 2.10. The summed E-state index contributed by atoms with van der Waals surface area (Å²) in [6.45, 7) is 7.59. The molecule has 1 fully saturated rings.